The largest absolute Gasteiger partial charge is 0.492 e. The molecule has 0 aromatic heterocycles. The summed E-state index contributed by atoms with van der Waals surface area (Å²) in [5.74, 6) is 0.701. The van der Waals surface area contributed by atoms with E-state index in [1.807, 2.05) is 31.2 Å². The van der Waals surface area contributed by atoms with Crippen molar-refractivity contribution in [1.29, 1.82) is 0 Å². The third-order valence-corrected chi connectivity index (χ3v) is 3.04. The molecule has 0 N–H and O–H groups in total. The Labute approximate surface area is 106 Å². The summed E-state index contributed by atoms with van der Waals surface area (Å²) in [4.78, 5) is 13.9. The zero-order valence-corrected chi connectivity index (χ0v) is 10.8. The molecule has 2 unspecified atom stereocenters. The van der Waals surface area contributed by atoms with Gasteiger partial charge in [0.05, 0.1) is 0 Å². The van der Waals surface area contributed by atoms with Crippen LogP contribution in [0.1, 0.15) is 18.4 Å². The minimum absolute atomic E-state index is 0.0403. The maximum atomic E-state index is 12.2. The lowest BCUT2D eigenvalue weighted by Crippen LogP contribution is -2.35. The van der Waals surface area contributed by atoms with Gasteiger partial charge in [-0.3, -0.25) is 4.79 Å². The molecule has 3 nitrogen and oxygen atoms in total. The first kappa shape index (κ1) is 12.2. The second kappa shape index (κ2) is 4.96. The first-order chi connectivity index (χ1) is 8.09. The van der Waals surface area contributed by atoms with Crippen molar-refractivity contribution in [2.45, 2.75) is 18.2 Å². The van der Waals surface area contributed by atoms with Gasteiger partial charge in [-0.15, -0.1) is 11.6 Å². The monoisotopic (exact) mass is 253 g/mol. The van der Waals surface area contributed by atoms with Crippen LogP contribution in [0, 0.1) is 0 Å². The molecule has 17 heavy (non-hydrogen) atoms. The van der Waals surface area contributed by atoms with E-state index in [-0.39, 0.29) is 17.2 Å². The molecule has 0 fully saturated rings. The van der Waals surface area contributed by atoms with E-state index < -0.39 is 0 Å². The van der Waals surface area contributed by atoms with E-state index in [4.69, 9.17) is 16.3 Å². The van der Waals surface area contributed by atoms with Gasteiger partial charge < -0.3 is 9.64 Å². The predicted octanol–water partition coefficient (Wildman–Crippen LogP) is 2.25. The van der Waals surface area contributed by atoms with Crippen molar-refractivity contribution in [3.05, 3.63) is 29.8 Å². The van der Waals surface area contributed by atoms with E-state index in [0.717, 1.165) is 11.3 Å². The predicted molar refractivity (Wildman–Crippen MR) is 67.6 cm³/mol. The topological polar surface area (TPSA) is 29.5 Å². The quantitative estimate of drug-likeness (QED) is 0.774. The van der Waals surface area contributed by atoms with Crippen LogP contribution >= 0.6 is 11.6 Å². The first-order valence-corrected chi connectivity index (χ1v) is 6.14. The molecule has 1 heterocycles. The highest BCUT2D eigenvalue weighted by Crippen LogP contribution is 2.34. The molecule has 2 rings (SSSR count). The summed E-state index contributed by atoms with van der Waals surface area (Å²) in [6.07, 6.45) is 0. The molecule has 4 heteroatoms. The van der Waals surface area contributed by atoms with Crippen LogP contribution in [0.4, 0.5) is 0 Å². The molecule has 0 aliphatic carbocycles. The van der Waals surface area contributed by atoms with Gasteiger partial charge in [0.1, 0.15) is 18.3 Å². The summed E-state index contributed by atoms with van der Waals surface area (Å²) in [6.45, 7) is 2.86. The van der Waals surface area contributed by atoms with Gasteiger partial charge in [-0.2, -0.15) is 0 Å². The standard InChI is InChI=1S/C13H16ClNO2/c1-9(14)7-15(2)13(16)11-8-17-12-6-4-3-5-10(11)12/h3-6,9,11H,7-8H2,1-2H3. The number of fused-ring (bicyclic) bond motifs is 1. The van der Waals surface area contributed by atoms with Crippen molar-refractivity contribution < 1.29 is 9.53 Å². The lowest BCUT2D eigenvalue weighted by atomic mass is 10.00. The number of ether oxygens (including phenoxy) is 1. The molecule has 1 aliphatic heterocycles. The lowest BCUT2D eigenvalue weighted by molar-refractivity contribution is -0.131. The third kappa shape index (κ3) is 2.55. The van der Waals surface area contributed by atoms with Gasteiger partial charge >= 0.3 is 0 Å². The molecule has 92 valence electrons. The Morgan fingerprint density at radius 1 is 1.59 bits per heavy atom. The highest BCUT2D eigenvalue weighted by atomic mass is 35.5. The number of amides is 1. The fraction of sp³-hybridized carbons (Fsp3) is 0.462. The van der Waals surface area contributed by atoms with Gasteiger partial charge in [-0.1, -0.05) is 18.2 Å². The summed E-state index contributed by atoms with van der Waals surface area (Å²) in [7, 11) is 1.78. The molecule has 0 radical (unpaired) electrons. The minimum Gasteiger partial charge on any atom is -0.492 e. The van der Waals surface area contributed by atoms with Crippen LogP contribution in [0.25, 0.3) is 0 Å². The van der Waals surface area contributed by atoms with Crippen molar-refractivity contribution in [2.75, 3.05) is 20.2 Å². The van der Waals surface area contributed by atoms with Gasteiger partial charge in [-0.25, -0.2) is 0 Å². The molecule has 1 aromatic rings. The number of alkyl halides is 1. The lowest BCUT2D eigenvalue weighted by Gasteiger charge is -2.21. The fourth-order valence-corrected chi connectivity index (χ4v) is 2.31. The molecule has 2 atom stereocenters. The average molecular weight is 254 g/mol. The van der Waals surface area contributed by atoms with Gasteiger partial charge in [0.15, 0.2) is 0 Å². The first-order valence-electron chi connectivity index (χ1n) is 5.70. The van der Waals surface area contributed by atoms with E-state index >= 15 is 0 Å². The molecular weight excluding hydrogens is 238 g/mol. The van der Waals surface area contributed by atoms with Crippen molar-refractivity contribution in [3.8, 4) is 5.75 Å². The van der Waals surface area contributed by atoms with Crippen LogP contribution in [0.2, 0.25) is 0 Å². The second-order valence-corrected chi connectivity index (χ2v) is 5.15. The summed E-state index contributed by atoms with van der Waals surface area (Å²) in [5, 5.41) is -0.0403. The van der Waals surface area contributed by atoms with Crippen LogP contribution in [0.15, 0.2) is 24.3 Å². The Morgan fingerprint density at radius 3 is 3.00 bits per heavy atom. The number of rotatable bonds is 3. The Hall–Kier alpha value is -1.22. The summed E-state index contributed by atoms with van der Waals surface area (Å²) < 4.78 is 5.51. The SMILES string of the molecule is CC(Cl)CN(C)C(=O)C1COc2ccccc21. The number of carbonyl (C=O) groups is 1. The highest BCUT2D eigenvalue weighted by Gasteiger charge is 2.32. The Bertz CT molecular complexity index is 420. The smallest absolute Gasteiger partial charge is 0.233 e. The maximum absolute atomic E-state index is 12.2. The summed E-state index contributed by atoms with van der Waals surface area (Å²) in [5.41, 5.74) is 0.978. The molecule has 0 saturated heterocycles. The van der Waals surface area contributed by atoms with Crippen molar-refractivity contribution in [2.24, 2.45) is 0 Å². The number of benzene rings is 1. The van der Waals surface area contributed by atoms with Crippen LogP contribution in [-0.2, 0) is 4.79 Å². The maximum Gasteiger partial charge on any atom is 0.233 e. The number of nitrogens with zero attached hydrogens (tertiary/aromatic N) is 1. The van der Waals surface area contributed by atoms with Crippen LogP contribution in [0.3, 0.4) is 0 Å². The van der Waals surface area contributed by atoms with E-state index in [9.17, 15) is 4.79 Å². The number of hydrogen-bond donors (Lipinski definition) is 0. The molecule has 1 aromatic carbocycles. The highest BCUT2D eigenvalue weighted by molar-refractivity contribution is 6.20. The Kier molecular flexibility index (Phi) is 3.57. The molecule has 1 aliphatic rings. The van der Waals surface area contributed by atoms with Crippen LogP contribution in [0.5, 0.6) is 5.75 Å². The normalized spacial score (nSPS) is 19.4. The van der Waals surface area contributed by atoms with E-state index in [1.165, 1.54) is 0 Å². The summed E-state index contributed by atoms with van der Waals surface area (Å²) >= 11 is 5.90. The molecule has 1 amide bonds. The van der Waals surface area contributed by atoms with Gasteiger partial charge in [-0.05, 0) is 13.0 Å². The number of hydrogen-bond acceptors (Lipinski definition) is 2. The number of halogens is 1. The molecule has 0 spiro atoms. The Morgan fingerprint density at radius 2 is 2.29 bits per heavy atom. The average Bonchev–Trinajstić information content (AvgIpc) is 2.70. The van der Waals surface area contributed by atoms with Crippen LogP contribution < -0.4 is 4.74 Å². The Balaban J connectivity index is 2.12. The van der Waals surface area contributed by atoms with Crippen molar-refractivity contribution in [1.82, 2.24) is 4.90 Å². The van der Waals surface area contributed by atoms with Crippen LogP contribution in [-0.4, -0.2) is 36.4 Å². The van der Waals surface area contributed by atoms with Gasteiger partial charge in [0.2, 0.25) is 5.91 Å². The van der Waals surface area contributed by atoms with Gasteiger partial charge in [0.25, 0.3) is 0 Å². The zero-order valence-electron chi connectivity index (χ0n) is 10.0. The fourth-order valence-electron chi connectivity index (χ4n) is 2.10. The van der Waals surface area contributed by atoms with E-state index in [0.29, 0.717) is 13.2 Å². The molecule has 0 saturated carbocycles. The van der Waals surface area contributed by atoms with E-state index in [1.54, 1.807) is 11.9 Å². The van der Waals surface area contributed by atoms with Gasteiger partial charge in [0, 0.05) is 24.5 Å². The number of para-hydroxylation sites is 1. The second-order valence-electron chi connectivity index (χ2n) is 4.40. The summed E-state index contributed by atoms with van der Waals surface area (Å²) in [6, 6.07) is 7.68. The van der Waals surface area contributed by atoms with Crippen molar-refractivity contribution >= 4 is 17.5 Å². The van der Waals surface area contributed by atoms with Crippen molar-refractivity contribution in [3.63, 3.8) is 0 Å². The number of carbonyl (C=O) groups excluding carboxylic acids is 1. The molecule has 0 bridgehead atoms. The number of likely N-dealkylation sites (N-methyl/N-ethyl adjacent to an activating group) is 1. The minimum atomic E-state index is -0.188. The molecular formula is C13H16ClNO2. The third-order valence-electron chi connectivity index (χ3n) is 2.90. The van der Waals surface area contributed by atoms with E-state index in [2.05, 4.69) is 0 Å². The zero-order chi connectivity index (χ0) is 12.4.